The standard InChI is InChI=1S/C10H18/c1-7-6-10(2,3)9-4-8(7)5-9/h7-9H,4-6H2,1-3H3. The van der Waals surface area contributed by atoms with E-state index in [0.29, 0.717) is 5.41 Å². The van der Waals surface area contributed by atoms with Crippen molar-refractivity contribution in [2.75, 3.05) is 0 Å². The minimum Gasteiger partial charge on any atom is -0.0622 e. The van der Waals surface area contributed by atoms with Gasteiger partial charge in [-0.1, -0.05) is 20.8 Å². The fraction of sp³-hybridized carbons (Fsp3) is 1.00. The minimum atomic E-state index is 0.675. The molecule has 0 aliphatic heterocycles. The summed E-state index contributed by atoms with van der Waals surface area (Å²) in [6.45, 7) is 7.33. The molecule has 0 aromatic carbocycles. The Balaban J connectivity index is 2.13. The predicted octanol–water partition coefficient (Wildman–Crippen LogP) is 3.08. The lowest BCUT2D eigenvalue weighted by Gasteiger charge is -2.55. The van der Waals surface area contributed by atoms with E-state index >= 15 is 0 Å². The molecule has 3 rings (SSSR count). The summed E-state index contributed by atoms with van der Waals surface area (Å²) < 4.78 is 0. The fourth-order valence-corrected chi connectivity index (χ4v) is 2.93. The molecule has 3 saturated carbocycles. The molecular weight excluding hydrogens is 120 g/mol. The van der Waals surface area contributed by atoms with Crippen LogP contribution in [0.3, 0.4) is 0 Å². The lowest BCUT2D eigenvalue weighted by atomic mass is 9.50. The van der Waals surface area contributed by atoms with Gasteiger partial charge in [-0.25, -0.2) is 0 Å². The van der Waals surface area contributed by atoms with Gasteiger partial charge >= 0.3 is 0 Å². The molecule has 0 spiro atoms. The zero-order valence-corrected chi connectivity index (χ0v) is 7.35. The van der Waals surface area contributed by atoms with Crippen LogP contribution in [-0.2, 0) is 0 Å². The van der Waals surface area contributed by atoms with Gasteiger partial charge in [0.2, 0.25) is 0 Å². The van der Waals surface area contributed by atoms with Crippen molar-refractivity contribution in [2.24, 2.45) is 23.2 Å². The summed E-state index contributed by atoms with van der Waals surface area (Å²) in [4.78, 5) is 0. The van der Waals surface area contributed by atoms with Gasteiger partial charge in [-0.15, -0.1) is 0 Å². The highest BCUT2D eigenvalue weighted by Crippen LogP contribution is 2.57. The molecule has 0 N–H and O–H groups in total. The Morgan fingerprint density at radius 2 is 1.80 bits per heavy atom. The van der Waals surface area contributed by atoms with E-state index in [1.807, 2.05) is 0 Å². The third-order valence-corrected chi connectivity index (χ3v) is 3.93. The molecule has 0 aromatic heterocycles. The van der Waals surface area contributed by atoms with Gasteiger partial charge in [-0.2, -0.15) is 0 Å². The van der Waals surface area contributed by atoms with Crippen molar-refractivity contribution in [3.05, 3.63) is 0 Å². The summed E-state index contributed by atoms with van der Waals surface area (Å²) in [5.74, 6) is 3.20. The Morgan fingerprint density at radius 1 is 1.20 bits per heavy atom. The summed E-state index contributed by atoms with van der Waals surface area (Å²) >= 11 is 0. The van der Waals surface area contributed by atoms with E-state index in [0.717, 1.165) is 17.8 Å². The van der Waals surface area contributed by atoms with Crippen LogP contribution in [0.15, 0.2) is 0 Å². The molecule has 3 aliphatic rings. The van der Waals surface area contributed by atoms with Gasteiger partial charge in [-0.05, 0) is 42.4 Å². The van der Waals surface area contributed by atoms with Crippen LogP contribution in [0.5, 0.6) is 0 Å². The van der Waals surface area contributed by atoms with Crippen molar-refractivity contribution >= 4 is 0 Å². The highest BCUT2D eigenvalue weighted by Gasteiger charge is 2.47. The van der Waals surface area contributed by atoms with Crippen LogP contribution < -0.4 is 0 Å². The van der Waals surface area contributed by atoms with Crippen LogP contribution in [0.25, 0.3) is 0 Å². The molecule has 0 radical (unpaired) electrons. The molecular formula is C10H18. The SMILES string of the molecule is CC1CC(C)(C)C2CC1C2. The molecule has 1 atom stereocenters. The third-order valence-electron chi connectivity index (χ3n) is 3.93. The molecule has 10 heavy (non-hydrogen) atoms. The largest absolute Gasteiger partial charge is 0.0622 e. The van der Waals surface area contributed by atoms with Gasteiger partial charge in [0.05, 0.1) is 0 Å². The first-order chi connectivity index (χ1) is 4.59. The summed E-state index contributed by atoms with van der Waals surface area (Å²) in [7, 11) is 0. The minimum absolute atomic E-state index is 0.675. The molecule has 0 aromatic rings. The highest BCUT2D eigenvalue weighted by atomic mass is 14.5. The van der Waals surface area contributed by atoms with Gasteiger partial charge in [0.15, 0.2) is 0 Å². The van der Waals surface area contributed by atoms with Crippen LogP contribution >= 0.6 is 0 Å². The first-order valence-electron chi connectivity index (χ1n) is 4.59. The summed E-state index contributed by atoms with van der Waals surface area (Å²) in [5, 5.41) is 0. The zero-order chi connectivity index (χ0) is 7.35. The Bertz CT molecular complexity index is 140. The molecule has 0 nitrogen and oxygen atoms in total. The third kappa shape index (κ3) is 0.741. The second-order valence-electron chi connectivity index (χ2n) is 5.10. The topological polar surface area (TPSA) is 0 Å². The van der Waals surface area contributed by atoms with E-state index in [4.69, 9.17) is 0 Å². The van der Waals surface area contributed by atoms with Crippen LogP contribution in [0, 0.1) is 23.2 Å². The van der Waals surface area contributed by atoms with Gasteiger partial charge in [0.1, 0.15) is 0 Å². The van der Waals surface area contributed by atoms with Crippen LogP contribution in [0.1, 0.15) is 40.0 Å². The number of fused-ring (bicyclic) bond motifs is 2. The smallest absolute Gasteiger partial charge is 0.0323 e. The molecule has 2 bridgehead atoms. The quantitative estimate of drug-likeness (QED) is 0.482. The zero-order valence-electron chi connectivity index (χ0n) is 7.35. The molecule has 0 heteroatoms. The molecule has 3 fully saturated rings. The first kappa shape index (κ1) is 6.69. The van der Waals surface area contributed by atoms with Gasteiger partial charge in [-0.3, -0.25) is 0 Å². The fourth-order valence-electron chi connectivity index (χ4n) is 2.93. The molecule has 1 unspecified atom stereocenters. The average molecular weight is 138 g/mol. The Hall–Kier alpha value is 0. The number of hydrogen-bond donors (Lipinski definition) is 0. The molecule has 0 amide bonds. The van der Waals surface area contributed by atoms with Gasteiger partial charge in [0.25, 0.3) is 0 Å². The van der Waals surface area contributed by atoms with Gasteiger partial charge < -0.3 is 0 Å². The van der Waals surface area contributed by atoms with E-state index in [1.54, 1.807) is 0 Å². The summed E-state index contributed by atoms with van der Waals surface area (Å²) in [6, 6.07) is 0. The molecule has 58 valence electrons. The van der Waals surface area contributed by atoms with E-state index in [1.165, 1.54) is 19.3 Å². The van der Waals surface area contributed by atoms with Crippen molar-refractivity contribution in [2.45, 2.75) is 40.0 Å². The van der Waals surface area contributed by atoms with E-state index in [2.05, 4.69) is 20.8 Å². The Labute approximate surface area is 64.0 Å². The maximum absolute atomic E-state index is 2.45. The summed E-state index contributed by atoms with van der Waals surface area (Å²) in [6.07, 6.45) is 4.55. The van der Waals surface area contributed by atoms with E-state index in [9.17, 15) is 0 Å². The Morgan fingerprint density at radius 3 is 2.10 bits per heavy atom. The molecule has 0 saturated heterocycles. The number of hydrogen-bond acceptors (Lipinski definition) is 0. The van der Waals surface area contributed by atoms with E-state index in [-0.39, 0.29) is 0 Å². The maximum Gasteiger partial charge on any atom is -0.0323 e. The number of rotatable bonds is 0. The van der Waals surface area contributed by atoms with Crippen molar-refractivity contribution in [3.8, 4) is 0 Å². The lowest BCUT2D eigenvalue weighted by molar-refractivity contribution is -0.0499. The second-order valence-corrected chi connectivity index (χ2v) is 5.10. The lowest BCUT2D eigenvalue weighted by Crippen LogP contribution is -2.46. The highest BCUT2D eigenvalue weighted by molar-refractivity contribution is 4.98. The van der Waals surface area contributed by atoms with Crippen LogP contribution in [-0.4, -0.2) is 0 Å². The normalized spacial score (nSPS) is 50.1. The predicted molar refractivity (Wildman–Crippen MR) is 43.8 cm³/mol. The van der Waals surface area contributed by atoms with Crippen LogP contribution in [0.4, 0.5) is 0 Å². The molecule has 3 aliphatic carbocycles. The van der Waals surface area contributed by atoms with Crippen molar-refractivity contribution in [1.82, 2.24) is 0 Å². The second kappa shape index (κ2) is 1.78. The maximum atomic E-state index is 2.45. The summed E-state index contributed by atoms with van der Waals surface area (Å²) in [5.41, 5.74) is 0.675. The van der Waals surface area contributed by atoms with Crippen molar-refractivity contribution in [3.63, 3.8) is 0 Å². The van der Waals surface area contributed by atoms with Crippen molar-refractivity contribution in [1.29, 1.82) is 0 Å². The average Bonchev–Trinajstić information content (AvgIpc) is 1.52. The van der Waals surface area contributed by atoms with Crippen molar-refractivity contribution < 1.29 is 0 Å². The molecule has 0 heterocycles. The Kier molecular flexibility index (Phi) is 1.19. The van der Waals surface area contributed by atoms with Gasteiger partial charge in [0, 0.05) is 0 Å². The van der Waals surface area contributed by atoms with E-state index < -0.39 is 0 Å². The van der Waals surface area contributed by atoms with Crippen LogP contribution in [0.2, 0.25) is 0 Å². The first-order valence-corrected chi connectivity index (χ1v) is 4.59. The monoisotopic (exact) mass is 138 g/mol.